The Morgan fingerprint density at radius 2 is 2.00 bits per heavy atom. The Morgan fingerprint density at radius 1 is 1.25 bits per heavy atom. The average molecular weight is 273 g/mol. The molecule has 2 aromatic heterocycles. The van der Waals surface area contributed by atoms with Crippen LogP contribution in [-0.4, -0.2) is 14.1 Å². The largest absolute Gasteiger partial charge is 0.487 e. The normalized spacial score (nSPS) is 11.2. The molecule has 0 aliphatic heterocycles. The van der Waals surface area contributed by atoms with Crippen molar-refractivity contribution < 1.29 is 9.15 Å². The lowest BCUT2D eigenvalue weighted by Gasteiger charge is -2.04. The highest BCUT2D eigenvalue weighted by Gasteiger charge is 2.09. The van der Waals surface area contributed by atoms with Crippen LogP contribution in [0.1, 0.15) is 11.6 Å². The molecule has 0 saturated heterocycles. The minimum Gasteiger partial charge on any atom is -0.487 e. The molecule has 2 heterocycles. The van der Waals surface area contributed by atoms with Crippen molar-refractivity contribution in [3.8, 4) is 5.75 Å². The van der Waals surface area contributed by atoms with Gasteiger partial charge in [-0.05, 0) is 12.1 Å². The fourth-order valence-corrected chi connectivity index (χ4v) is 2.21. The molecule has 0 spiro atoms. The Morgan fingerprint density at radius 3 is 2.70 bits per heavy atom. The molecular weight excluding hydrogens is 258 g/mol. The molecule has 0 unspecified atom stereocenters. The summed E-state index contributed by atoms with van der Waals surface area (Å²) < 4.78 is 14.0. The number of nitrogens with zero attached hydrogens (tertiary/aromatic N) is 3. The summed E-state index contributed by atoms with van der Waals surface area (Å²) in [6, 6.07) is 5.57. The van der Waals surface area contributed by atoms with Crippen LogP contribution >= 0.6 is 0 Å². The quantitative estimate of drug-likeness (QED) is 0.729. The second kappa shape index (κ2) is 4.56. The number of benzene rings is 1. The van der Waals surface area contributed by atoms with E-state index < -0.39 is 0 Å². The van der Waals surface area contributed by atoms with Gasteiger partial charge in [-0.15, -0.1) is 0 Å². The zero-order valence-electron chi connectivity index (χ0n) is 11.6. The van der Waals surface area contributed by atoms with Crippen molar-refractivity contribution in [2.24, 2.45) is 14.1 Å². The fraction of sp³-hybridized carbons (Fsp3) is 0.286. The predicted molar refractivity (Wildman–Crippen MR) is 73.7 cm³/mol. The molecule has 104 valence electrons. The van der Waals surface area contributed by atoms with E-state index in [-0.39, 0.29) is 5.69 Å². The topological polar surface area (TPSA) is 62.2 Å². The van der Waals surface area contributed by atoms with Crippen molar-refractivity contribution in [1.29, 1.82) is 0 Å². The lowest BCUT2D eigenvalue weighted by atomic mass is 10.3. The van der Waals surface area contributed by atoms with Crippen LogP contribution < -0.4 is 10.4 Å². The van der Waals surface area contributed by atoms with Crippen LogP contribution in [-0.2, 0) is 20.7 Å². The van der Waals surface area contributed by atoms with Crippen LogP contribution in [0.15, 0.2) is 33.7 Å². The number of rotatable bonds is 3. The molecule has 3 aromatic rings. The van der Waals surface area contributed by atoms with Crippen molar-refractivity contribution in [3.05, 3.63) is 46.5 Å². The van der Waals surface area contributed by atoms with Crippen LogP contribution in [0.3, 0.4) is 0 Å². The summed E-state index contributed by atoms with van der Waals surface area (Å²) in [5.74, 6) is 1.31. The summed E-state index contributed by atoms with van der Waals surface area (Å²) >= 11 is 0. The lowest BCUT2D eigenvalue weighted by Crippen LogP contribution is -2.19. The van der Waals surface area contributed by atoms with Gasteiger partial charge in [-0.25, -0.2) is 9.78 Å². The van der Waals surface area contributed by atoms with Crippen molar-refractivity contribution in [2.45, 2.75) is 13.5 Å². The van der Waals surface area contributed by atoms with Gasteiger partial charge < -0.3 is 9.15 Å². The molecule has 6 nitrogen and oxygen atoms in total. The maximum absolute atomic E-state index is 11.8. The Labute approximate surface area is 115 Å². The molecule has 0 aliphatic carbocycles. The molecule has 6 heteroatoms. The van der Waals surface area contributed by atoms with E-state index in [9.17, 15) is 4.79 Å². The highest BCUT2D eigenvalue weighted by Crippen LogP contribution is 2.20. The first kappa shape index (κ1) is 12.5. The standard InChI is InChI=1S/C14H15N3O3/c1-9-15-10(7-19-9)8-20-11-4-5-12-13(6-11)17(3)14(18)16(12)2/h4-7H,8H2,1-3H3. The molecule has 0 bridgehead atoms. The second-order valence-corrected chi connectivity index (χ2v) is 4.70. The number of hydrogen-bond donors (Lipinski definition) is 0. The molecule has 0 N–H and O–H groups in total. The summed E-state index contributed by atoms with van der Waals surface area (Å²) in [6.07, 6.45) is 1.58. The zero-order valence-corrected chi connectivity index (χ0v) is 11.6. The second-order valence-electron chi connectivity index (χ2n) is 4.70. The fourth-order valence-electron chi connectivity index (χ4n) is 2.21. The van der Waals surface area contributed by atoms with E-state index in [0.29, 0.717) is 18.2 Å². The number of aryl methyl sites for hydroxylation is 3. The van der Waals surface area contributed by atoms with E-state index >= 15 is 0 Å². The molecule has 0 amide bonds. The minimum absolute atomic E-state index is 0.0516. The molecule has 20 heavy (non-hydrogen) atoms. The lowest BCUT2D eigenvalue weighted by molar-refractivity contribution is 0.301. The van der Waals surface area contributed by atoms with Crippen LogP contribution in [0.2, 0.25) is 0 Å². The van der Waals surface area contributed by atoms with Gasteiger partial charge in [0.25, 0.3) is 0 Å². The SMILES string of the molecule is Cc1nc(COc2ccc3c(c2)n(C)c(=O)n3C)co1. The highest BCUT2D eigenvalue weighted by atomic mass is 16.5. The smallest absolute Gasteiger partial charge is 0.328 e. The van der Waals surface area contributed by atoms with Gasteiger partial charge in [0.1, 0.15) is 24.3 Å². The molecule has 0 saturated carbocycles. The first-order valence-corrected chi connectivity index (χ1v) is 6.25. The van der Waals surface area contributed by atoms with E-state index in [1.807, 2.05) is 18.2 Å². The third-order valence-electron chi connectivity index (χ3n) is 3.30. The van der Waals surface area contributed by atoms with Crippen molar-refractivity contribution in [3.63, 3.8) is 0 Å². The monoisotopic (exact) mass is 273 g/mol. The minimum atomic E-state index is -0.0516. The van der Waals surface area contributed by atoms with Crippen LogP contribution in [0, 0.1) is 6.92 Å². The summed E-state index contributed by atoms with van der Waals surface area (Å²) in [4.78, 5) is 16.0. The number of oxazole rings is 1. The third-order valence-corrected chi connectivity index (χ3v) is 3.30. The van der Waals surface area contributed by atoms with Crippen LogP contribution in [0.25, 0.3) is 11.0 Å². The van der Waals surface area contributed by atoms with Gasteiger partial charge in [-0.3, -0.25) is 9.13 Å². The van der Waals surface area contributed by atoms with E-state index in [0.717, 1.165) is 16.7 Å². The average Bonchev–Trinajstić information content (AvgIpc) is 2.95. The number of aromatic nitrogens is 3. The predicted octanol–water partition coefficient (Wildman–Crippen LogP) is 1.75. The van der Waals surface area contributed by atoms with Gasteiger partial charge in [0, 0.05) is 27.1 Å². The summed E-state index contributed by atoms with van der Waals surface area (Å²) in [5, 5.41) is 0. The molecule has 0 radical (unpaired) electrons. The molecule has 1 aromatic carbocycles. The maximum Gasteiger partial charge on any atom is 0.328 e. The number of imidazole rings is 1. The van der Waals surface area contributed by atoms with Gasteiger partial charge in [0.15, 0.2) is 5.89 Å². The Kier molecular flexibility index (Phi) is 2.85. The van der Waals surface area contributed by atoms with Gasteiger partial charge in [-0.2, -0.15) is 0 Å². The molecule has 0 fully saturated rings. The summed E-state index contributed by atoms with van der Waals surface area (Å²) in [5.41, 5.74) is 2.40. The summed E-state index contributed by atoms with van der Waals surface area (Å²) in [6.45, 7) is 2.12. The first-order valence-electron chi connectivity index (χ1n) is 6.25. The van der Waals surface area contributed by atoms with Crippen LogP contribution in [0.5, 0.6) is 5.75 Å². The van der Waals surface area contributed by atoms with Crippen molar-refractivity contribution in [1.82, 2.24) is 14.1 Å². The zero-order chi connectivity index (χ0) is 14.3. The number of ether oxygens (including phenoxy) is 1. The van der Waals surface area contributed by atoms with E-state index in [1.54, 1.807) is 36.4 Å². The Bertz CT molecular complexity index is 826. The molecule has 0 aliphatic rings. The Balaban J connectivity index is 1.89. The van der Waals surface area contributed by atoms with E-state index in [2.05, 4.69) is 4.98 Å². The van der Waals surface area contributed by atoms with E-state index in [4.69, 9.17) is 9.15 Å². The van der Waals surface area contributed by atoms with E-state index in [1.165, 1.54) is 0 Å². The molecule has 3 rings (SSSR count). The van der Waals surface area contributed by atoms with Crippen LogP contribution in [0.4, 0.5) is 0 Å². The Hall–Kier alpha value is -2.50. The van der Waals surface area contributed by atoms with Crippen molar-refractivity contribution in [2.75, 3.05) is 0 Å². The van der Waals surface area contributed by atoms with Gasteiger partial charge in [0.05, 0.1) is 11.0 Å². The molecular formula is C14H15N3O3. The third kappa shape index (κ3) is 1.99. The molecule has 0 atom stereocenters. The number of fused-ring (bicyclic) bond motifs is 1. The maximum atomic E-state index is 11.8. The summed E-state index contributed by atoms with van der Waals surface area (Å²) in [7, 11) is 3.50. The van der Waals surface area contributed by atoms with Gasteiger partial charge in [-0.1, -0.05) is 0 Å². The first-order chi connectivity index (χ1) is 9.56. The number of hydrogen-bond acceptors (Lipinski definition) is 4. The van der Waals surface area contributed by atoms with Gasteiger partial charge >= 0.3 is 5.69 Å². The highest BCUT2D eigenvalue weighted by molar-refractivity contribution is 5.77. The van der Waals surface area contributed by atoms with Crippen molar-refractivity contribution >= 4 is 11.0 Å². The van der Waals surface area contributed by atoms with Gasteiger partial charge in [0.2, 0.25) is 0 Å².